The normalized spacial score (nSPS) is 11.2. The summed E-state index contributed by atoms with van der Waals surface area (Å²) in [5.74, 6) is -0.419. The van der Waals surface area contributed by atoms with E-state index in [1.165, 1.54) is 14.0 Å². The molecular formula is C19H20N2O5. The Labute approximate surface area is 151 Å². The summed E-state index contributed by atoms with van der Waals surface area (Å²) < 4.78 is 9.98. The van der Waals surface area contributed by atoms with Crippen molar-refractivity contribution in [2.75, 3.05) is 19.0 Å². The van der Waals surface area contributed by atoms with Crippen LogP contribution < -0.4 is 15.4 Å². The highest BCUT2D eigenvalue weighted by molar-refractivity contribution is 5.98. The second kappa shape index (κ2) is 9.22. The average molecular weight is 356 g/mol. The van der Waals surface area contributed by atoms with Crippen LogP contribution in [0, 0.1) is 0 Å². The highest BCUT2D eigenvalue weighted by atomic mass is 16.5. The molecule has 1 atom stereocenters. The fourth-order valence-corrected chi connectivity index (χ4v) is 2.07. The lowest BCUT2D eigenvalue weighted by atomic mass is 10.1. The van der Waals surface area contributed by atoms with E-state index >= 15 is 0 Å². The molecule has 0 spiro atoms. The van der Waals surface area contributed by atoms with Crippen molar-refractivity contribution in [3.63, 3.8) is 0 Å². The van der Waals surface area contributed by atoms with E-state index in [0.29, 0.717) is 17.0 Å². The fraction of sp³-hybridized carbons (Fsp3) is 0.211. The van der Waals surface area contributed by atoms with Gasteiger partial charge in [-0.15, -0.1) is 0 Å². The first-order valence-corrected chi connectivity index (χ1v) is 7.96. The largest absolute Gasteiger partial charge is 0.497 e. The molecule has 2 aromatic rings. The van der Waals surface area contributed by atoms with Gasteiger partial charge in [-0.2, -0.15) is 0 Å². The maximum atomic E-state index is 12.0. The number of para-hydroxylation sites is 1. The summed E-state index contributed by atoms with van der Waals surface area (Å²) in [7, 11) is 1.53. The third-order valence-electron chi connectivity index (χ3n) is 3.49. The van der Waals surface area contributed by atoms with Gasteiger partial charge < -0.3 is 20.1 Å². The van der Waals surface area contributed by atoms with Crippen LogP contribution in [0.5, 0.6) is 5.75 Å². The highest BCUT2D eigenvalue weighted by Crippen LogP contribution is 2.12. The summed E-state index contributed by atoms with van der Waals surface area (Å²) in [4.78, 5) is 35.8. The molecule has 0 saturated heterocycles. The molecule has 7 nitrogen and oxygen atoms in total. The van der Waals surface area contributed by atoms with Crippen LogP contribution in [0.2, 0.25) is 0 Å². The lowest BCUT2D eigenvalue weighted by Gasteiger charge is -2.14. The van der Waals surface area contributed by atoms with Gasteiger partial charge in [0.15, 0.2) is 12.4 Å². The van der Waals surface area contributed by atoms with E-state index in [1.807, 2.05) is 6.07 Å². The molecule has 136 valence electrons. The van der Waals surface area contributed by atoms with Crippen LogP contribution in [-0.4, -0.2) is 37.5 Å². The second-order valence-corrected chi connectivity index (χ2v) is 5.45. The highest BCUT2D eigenvalue weighted by Gasteiger charge is 2.18. The van der Waals surface area contributed by atoms with Crippen LogP contribution in [0.25, 0.3) is 0 Å². The van der Waals surface area contributed by atoms with Crippen molar-refractivity contribution in [2.24, 2.45) is 0 Å². The number of hydrogen-bond donors (Lipinski definition) is 2. The number of rotatable bonds is 7. The van der Waals surface area contributed by atoms with E-state index < -0.39 is 24.6 Å². The third kappa shape index (κ3) is 5.62. The van der Waals surface area contributed by atoms with Gasteiger partial charge in [0.05, 0.1) is 7.11 Å². The van der Waals surface area contributed by atoms with Crippen molar-refractivity contribution < 1.29 is 23.9 Å². The number of benzene rings is 2. The van der Waals surface area contributed by atoms with Crippen LogP contribution in [0.4, 0.5) is 10.5 Å². The Kier molecular flexibility index (Phi) is 6.73. The number of methoxy groups -OCH3 is 1. The number of anilines is 1. The Morgan fingerprint density at radius 1 is 1.00 bits per heavy atom. The molecule has 0 aliphatic carbocycles. The molecule has 2 rings (SSSR count). The van der Waals surface area contributed by atoms with Gasteiger partial charge in [-0.3, -0.25) is 4.79 Å². The number of nitrogens with one attached hydrogen (secondary N) is 2. The van der Waals surface area contributed by atoms with Gasteiger partial charge in [-0.05, 0) is 43.3 Å². The maximum absolute atomic E-state index is 12.0. The minimum atomic E-state index is -0.901. The monoisotopic (exact) mass is 356 g/mol. The van der Waals surface area contributed by atoms with Crippen molar-refractivity contribution in [1.29, 1.82) is 0 Å². The number of esters is 1. The van der Waals surface area contributed by atoms with Crippen LogP contribution >= 0.6 is 0 Å². The van der Waals surface area contributed by atoms with Gasteiger partial charge in [0, 0.05) is 11.3 Å². The zero-order valence-corrected chi connectivity index (χ0v) is 14.5. The summed E-state index contributed by atoms with van der Waals surface area (Å²) in [6.07, 6.45) is 0. The first-order valence-electron chi connectivity index (χ1n) is 7.96. The van der Waals surface area contributed by atoms with E-state index in [0.717, 1.165) is 0 Å². The number of amides is 2. The molecular weight excluding hydrogens is 336 g/mol. The molecule has 0 aliphatic heterocycles. The Morgan fingerprint density at radius 3 is 2.27 bits per heavy atom. The van der Waals surface area contributed by atoms with E-state index in [2.05, 4.69) is 10.6 Å². The summed E-state index contributed by atoms with van der Waals surface area (Å²) >= 11 is 0. The van der Waals surface area contributed by atoms with Crippen molar-refractivity contribution in [3.05, 3.63) is 60.2 Å². The predicted molar refractivity (Wildman–Crippen MR) is 96.3 cm³/mol. The van der Waals surface area contributed by atoms with Crippen molar-refractivity contribution in [1.82, 2.24) is 5.32 Å². The number of ether oxygens (including phenoxy) is 2. The topological polar surface area (TPSA) is 93.7 Å². The smallest absolute Gasteiger partial charge is 0.328 e. The Hall–Kier alpha value is -3.35. The molecule has 0 aromatic heterocycles. The number of Topliss-reactive ketones (excluding diaryl/α,β-unsaturated/α-hetero) is 1. The first kappa shape index (κ1) is 19.0. The summed E-state index contributed by atoms with van der Waals surface area (Å²) in [6, 6.07) is 13.8. The standard InChI is InChI=1S/C19H20N2O5/c1-13(20-19(24)21-15-6-4-3-5-7-15)18(23)26-12-17(22)14-8-10-16(25-2)11-9-14/h3-11,13H,12H2,1-2H3,(H2,20,21,24)/t13-/m0/s1. The zero-order valence-electron chi connectivity index (χ0n) is 14.5. The average Bonchev–Trinajstić information content (AvgIpc) is 2.66. The van der Waals surface area contributed by atoms with Gasteiger partial charge in [-0.25, -0.2) is 9.59 Å². The van der Waals surface area contributed by atoms with Crippen LogP contribution in [0.15, 0.2) is 54.6 Å². The summed E-state index contributed by atoms with van der Waals surface area (Å²) in [5, 5.41) is 5.05. The number of carbonyl (C=O) groups is 3. The summed E-state index contributed by atoms with van der Waals surface area (Å²) in [5.41, 5.74) is 1.00. The Balaban J connectivity index is 1.78. The minimum Gasteiger partial charge on any atom is -0.497 e. The molecule has 0 heterocycles. The SMILES string of the molecule is COc1ccc(C(=O)COC(=O)[C@H](C)NC(=O)Nc2ccccc2)cc1. The molecule has 26 heavy (non-hydrogen) atoms. The maximum Gasteiger partial charge on any atom is 0.328 e. The molecule has 0 fully saturated rings. The molecule has 7 heteroatoms. The van der Waals surface area contributed by atoms with Crippen LogP contribution in [0.3, 0.4) is 0 Å². The van der Waals surface area contributed by atoms with Crippen molar-refractivity contribution in [2.45, 2.75) is 13.0 Å². The Morgan fingerprint density at radius 2 is 1.65 bits per heavy atom. The number of carbonyl (C=O) groups excluding carboxylic acids is 3. The molecule has 2 aromatic carbocycles. The number of ketones is 1. The summed E-state index contributed by atoms with van der Waals surface area (Å²) in [6.45, 7) is 1.07. The van der Waals surface area contributed by atoms with E-state index in [4.69, 9.17) is 9.47 Å². The number of urea groups is 1. The van der Waals surface area contributed by atoms with Crippen molar-refractivity contribution >= 4 is 23.5 Å². The first-order chi connectivity index (χ1) is 12.5. The molecule has 2 N–H and O–H groups in total. The number of hydrogen-bond acceptors (Lipinski definition) is 5. The third-order valence-corrected chi connectivity index (χ3v) is 3.49. The lowest BCUT2D eigenvalue weighted by Crippen LogP contribution is -2.42. The quantitative estimate of drug-likeness (QED) is 0.587. The minimum absolute atomic E-state index is 0.345. The molecule has 0 radical (unpaired) electrons. The molecule has 0 unspecified atom stereocenters. The lowest BCUT2D eigenvalue weighted by molar-refractivity contribution is -0.144. The fourth-order valence-electron chi connectivity index (χ4n) is 2.07. The van der Waals surface area contributed by atoms with E-state index in [9.17, 15) is 14.4 Å². The van der Waals surface area contributed by atoms with E-state index in [1.54, 1.807) is 48.5 Å². The van der Waals surface area contributed by atoms with Gasteiger partial charge in [0.2, 0.25) is 0 Å². The molecule has 2 amide bonds. The Bertz CT molecular complexity index is 759. The predicted octanol–water partition coefficient (Wildman–Crippen LogP) is 2.63. The van der Waals surface area contributed by atoms with Crippen LogP contribution in [-0.2, 0) is 9.53 Å². The van der Waals surface area contributed by atoms with Gasteiger partial charge >= 0.3 is 12.0 Å². The molecule has 0 bridgehead atoms. The van der Waals surface area contributed by atoms with Gasteiger partial charge in [0.1, 0.15) is 11.8 Å². The van der Waals surface area contributed by atoms with Crippen LogP contribution in [0.1, 0.15) is 17.3 Å². The van der Waals surface area contributed by atoms with Gasteiger partial charge in [-0.1, -0.05) is 18.2 Å². The van der Waals surface area contributed by atoms with Gasteiger partial charge in [0.25, 0.3) is 0 Å². The molecule has 0 aliphatic rings. The molecule has 0 saturated carbocycles. The van der Waals surface area contributed by atoms with Crippen molar-refractivity contribution in [3.8, 4) is 5.75 Å². The second-order valence-electron chi connectivity index (χ2n) is 5.45. The van der Waals surface area contributed by atoms with E-state index in [-0.39, 0.29) is 5.78 Å². The zero-order chi connectivity index (χ0) is 18.9.